The predicted molar refractivity (Wildman–Crippen MR) is 60.1 cm³/mol. The van der Waals surface area contributed by atoms with Crippen LogP contribution in [0.5, 0.6) is 0 Å². The third-order valence-corrected chi connectivity index (χ3v) is 1.69. The van der Waals surface area contributed by atoms with Crippen LogP contribution < -0.4 is 16.2 Å². The maximum absolute atomic E-state index is 3.01. The van der Waals surface area contributed by atoms with Crippen LogP contribution in [0.3, 0.4) is 0 Å². The lowest BCUT2D eigenvalue weighted by Crippen LogP contribution is -2.25. The zero-order chi connectivity index (χ0) is 9.90. The minimum atomic E-state index is 1.08. The fraction of sp³-hybridized carbons (Fsp3) is 0.273. The summed E-state index contributed by atoms with van der Waals surface area (Å²) in [5.41, 5.74) is 5.93. The molecule has 2 heterocycles. The van der Waals surface area contributed by atoms with Crippen LogP contribution in [-0.4, -0.2) is 6.54 Å². The monoisotopic (exact) mass is 191 g/mol. The maximum atomic E-state index is 3.01. The SMILES string of the molecule is C1=CC=CNC=C1.C1=CNNCCC1. The van der Waals surface area contributed by atoms with Crippen molar-refractivity contribution in [3.63, 3.8) is 0 Å². The molecule has 0 aromatic heterocycles. The normalized spacial score (nSPS) is 18.3. The van der Waals surface area contributed by atoms with E-state index in [9.17, 15) is 0 Å². The fourth-order valence-electron chi connectivity index (χ4n) is 0.988. The highest BCUT2D eigenvalue weighted by Crippen LogP contribution is 1.88. The Labute approximate surface area is 85.2 Å². The molecular weight excluding hydrogens is 174 g/mol. The van der Waals surface area contributed by atoms with E-state index in [2.05, 4.69) is 22.2 Å². The Balaban J connectivity index is 0.000000140. The van der Waals surface area contributed by atoms with Crippen LogP contribution in [0.1, 0.15) is 12.8 Å². The second-order valence-corrected chi connectivity index (χ2v) is 2.89. The smallest absolute Gasteiger partial charge is 0.0150 e. The zero-order valence-electron chi connectivity index (χ0n) is 8.24. The molecular formula is C11H17N3. The summed E-state index contributed by atoms with van der Waals surface area (Å²) in [7, 11) is 0. The van der Waals surface area contributed by atoms with E-state index < -0.39 is 0 Å². The lowest BCUT2D eigenvalue weighted by atomic mass is 10.3. The molecule has 0 aromatic rings. The molecule has 2 aliphatic heterocycles. The minimum absolute atomic E-state index is 1.08. The molecule has 0 saturated carbocycles. The molecule has 2 rings (SSSR count). The highest BCUT2D eigenvalue weighted by atomic mass is 15.3. The summed E-state index contributed by atoms with van der Waals surface area (Å²) >= 11 is 0. The second kappa shape index (κ2) is 8.13. The van der Waals surface area contributed by atoms with Crippen molar-refractivity contribution in [2.75, 3.05) is 6.54 Å². The third kappa shape index (κ3) is 6.08. The average molecular weight is 191 g/mol. The summed E-state index contributed by atoms with van der Waals surface area (Å²) in [6.45, 7) is 1.08. The standard InChI is InChI=1S/C6H7N.C5H10N2/c2*1-2-4-6-7-5-3-1/h1-7H;2,4,6-7H,1,3,5H2. The Morgan fingerprint density at radius 3 is 2.43 bits per heavy atom. The molecule has 0 radical (unpaired) electrons. The minimum Gasteiger partial charge on any atom is -0.368 e. The van der Waals surface area contributed by atoms with Gasteiger partial charge in [0, 0.05) is 25.1 Å². The first kappa shape index (κ1) is 10.6. The van der Waals surface area contributed by atoms with E-state index >= 15 is 0 Å². The van der Waals surface area contributed by atoms with Gasteiger partial charge >= 0.3 is 0 Å². The van der Waals surface area contributed by atoms with Gasteiger partial charge in [0.05, 0.1) is 0 Å². The van der Waals surface area contributed by atoms with Crippen molar-refractivity contribution in [1.82, 2.24) is 16.2 Å². The molecule has 0 fully saturated rings. The van der Waals surface area contributed by atoms with Crippen molar-refractivity contribution in [2.24, 2.45) is 0 Å². The molecule has 0 spiro atoms. The van der Waals surface area contributed by atoms with Crippen molar-refractivity contribution in [3.05, 3.63) is 49.0 Å². The van der Waals surface area contributed by atoms with E-state index in [0.29, 0.717) is 0 Å². The van der Waals surface area contributed by atoms with E-state index in [1.165, 1.54) is 12.8 Å². The van der Waals surface area contributed by atoms with E-state index in [1.54, 1.807) is 0 Å². The Hall–Kier alpha value is -1.48. The van der Waals surface area contributed by atoms with Crippen molar-refractivity contribution in [2.45, 2.75) is 12.8 Å². The van der Waals surface area contributed by atoms with Crippen LogP contribution in [0.25, 0.3) is 0 Å². The quantitative estimate of drug-likeness (QED) is 0.544. The molecule has 0 aliphatic carbocycles. The van der Waals surface area contributed by atoms with Crippen LogP contribution in [-0.2, 0) is 0 Å². The van der Waals surface area contributed by atoms with Crippen LogP contribution in [0.2, 0.25) is 0 Å². The Kier molecular flexibility index (Phi) is 6.16. The summed E-state index contributed by atoms with van der Waals surface area (Å²) in [5.74, 6) is 0. The number of rotatable bonds is 0. The molecule has 0 bridgehead atoms. The molecule has 14 heavy (non-hydrogen) atoms. The molecule has 2 aliphatic rings. The molecule has 3 heteroatoms. The van der Waals surface area contributed by atoms with Crippen LogP contribution in [0, 0.1) is 0 Å². The first-order valence-electron chi connectivity index (χ1n) is 4.88. The molecule has 0 unspecified atom stereocenters. The molecule has 0 saturated heterocycles. The van der Waals surface area contributed by atoms with Gasteiger partial charge in [-0.1, -0.05) is 18.2 Å². The highest BCUT2D eigenvalue weighted by Gasteiger charge is 1.85. The third-order valence-electron chi connectivity index (χ3n) is 1.69. The Bertz CT molecular complexity index is 217. The molecule has 0 atom stereocenters. The summed E-state index contributed by atoms with van der Waals surface area (Å²) in [5, 5.41) is 2.92. The topological polar surface area (TPSA) is 36.1 Å². The van der Waals surface area contributed by atoms with Gasteiger partial charge < -0.3 is 10.7 Å². The Morgan fingerprint density at radius 2 is 1.64 bits per heavy atom. The predicted octanol–water partition coefficient (Wildman–Crippen LogP) is 1.56. The lowest BCUT2D eigenvalue weighted by molar-refractivity contribution is 0.622. The second-order valence-electron chi connectivity index (χ2n) is 2.89. The van der Waals surface area contributed by atoms with Gasteiger partial charge in [-0.25, -0.2) is 5.43 Å². The van der Waals surface area contributed by atoms with Crippen LogP contribution in [0.15, 0.2) is 49.0 Å². The van der Waals surface area contributed by atoms with E-state index in [1.807, 2.05) is 42.9 Å². The number of allylic oxidation sites excluding steroid dienone is 5. The van der Waals surface area contributed by atoms with Crippen molar-refractivity contribution < 1.29 is 0 Å². The van der Waals surface area contributed by atoms with Gasteiger partial charge in [0.2, 0.25) is 0 Å². The van der Waals surface area contributed by atoms with E-state index in [-0.39, 0.29) is 0 Å². The Morgan fingerprint density at radius 1 is 0.857 bits per heavy atom. The number of hydrazine groups is 1. The van der Waals surface area contributed by atoms with Gasteiger partial charge in [-0.05, 0) is 25.0 Å². The summed E-state index contributed by atoms with van der Waals surface area (Å²) in [4.78, 5) is 0. The molecule has 3 nitrogen and oxygen atoms in total. The van der Waals surface area contributed by atoms with Gasteiger partial charge in [0.15, 0.2) is 0 Å². The molecule has 3 N–H and O–H groups in total. The van der Waals surface area contributed by atoms with Gasteiger partial charge in [-0.15, -0.1) is 0 Å². The number of hydrogen-bond acceptors (Lipinski definition) is 3. The van der Waals surface area contributed by atoms with Gasteiger partial charge in [0.25, 0.3) is 0 Å². The first-order valence-corrected chi connectivity index (χ1v) is 4.88. The number of hydrogen-bond donors (Lipinski definition) is 3. The van der Waals surface area contributed by atoms with Crippen molar-refractivity contribution in [1.29, 1.82) is 0 Å². The van der Waals surface area contributed by atoms with Crippen LogP contribution in [0.4, 0.5) is 0 Å². The largest absolute Gasteiger partial charge is 0.368 e. The first-order chi connectivity index (χ1) is 7.00. The zero-order valence-corrected chi connectivity index (χ0v) is 8.24. The molecule has 0 amide bonds. The van der Waals surface area contributed by atoms with Crippen molar-refractivity contribution in [3.8, 4) is 0 Å². The number of nitrogens with one attached hydrogen (secondary N) is 3. The maximum Gasteiger partial charge on any atom is 0.0150 e. The average Bonchev–Trinajstić information content (AvgIpc) is 2.68. The summed E-state index contributed by atoms with van der Waals surface area (Å²) in [6.07, 6.45) is 18.1. The van der Waals surface area contributed by atoms with Gasteiger partial charge in [-0.3, -0.25) is 0 Å². The molecule has 0 aromatic carbocycles. The highest BCUT2D eigenvalue weighted by molar-refractivity contribution is 5.14. The summed E-state index contributed by atoms with van der Waals surface area (Å²) in [6, 6.07) is 0. The van der Waals surface area contributed by atoms with E-state index in [0.717, 1.165) is 6.54 Å². The van der Waals surface area contributed by atoms with Crippen molar-refractivity contribution >= 4 is 0 Å². The fourth-order valence-corrected chi connectivity index (χ4v) is 0.988. The molecule has 76 valence electrons. The van der Waals surface area contributed by atoms with Gasteiger partial charge in [-0.2, -0.15) is 0 Å². The summed E-state index contributed by atoms with van der Waals surface area (Å²) < 4.78 is 0. The van der Waals surface area contributed by atoms with Gasteiger partial charge in [0.1, 0.15) is 0 Å². The van der Waals surface area contributed by atoms with E-state index in [4.69, 9.17) is 0 Å². The lowest BCUT2D eigenvalue weighted by Gasteiger charge is -1.95. The van der Waals surface area contributed by atoms with Crippen LogP contribution >= 0.6 is 0 Å².